The van der Waals surface area contributed by atoms with Crippen molar-refractivity contribution in [3.63, 3.8) is 0 Å². The van der Waals surface area contributed by atoms with Crippen LogP contribution in [-0.2, 0) is 9.53 Å². The van der Waals surface area contributed by atoms with E-state index in [1.807, 2.05) is 0 Å². The van der Waals surface area contributed by atoms with Gasteiger partial charge in [-0.15, -0.1) is 0 Å². The molecule has 1 heterocycles. The third-order valence-electron chi connectivity index (χ3n) is 2.60. The molecular weight excluding hydrogens is 329 g/mol. The molecule has 0 unspecified atom stereocenters. The van der Waals surface area contributed by atoms with E-state index < -0.39 is 18.5 Å². The number of esters is 1. The minimum Gasteiger partial charge on any atom is -0.452 e. The van der Waals surface area contributed by atoms with Crippen molar-refractivity contribution in [3.8, 4) is 0 Å². The summed E-state index contributed by atoms with van der Waals surface area (Å²) in [7, 11) is 0. The number of nitrogens with one attached hydrogen (secondary N) is 1. The number of ether oxygens (including phenoxy) is 1. The van der Waals surface area contributed by atoms with Gasteiger partial charge in [0.15, 0.2) is 11.8 Å². The number of rotatable bonds is 4. The highest BCUT2D eigenvalue weighted by atomic mass is 35.5. The van der Waals surface area contributed by atoms with Crippen LogP contribution in [0.15, 0.2) is 36.5 Å². The monoisotopic (exact) mass is 339 g/mol. The molecule has 0 bridgehead atoms. The first-order chi connectivity index (χ1) is 10.5. The van der Waals surface area contributed by atoms with E-state index in [9.17, 15) is 9.59 Å². The number of hydrogen-bond acceptors (Lipinski definition) is 5. The number of carbonyl (C=O) groups is 2. The largest absolute Gasteiger partial charge is 0.452 e. The van der Waals surface area contributed by atoms with Crippen LogP contribution in [0.2, 0.25) is 10.2 Å². The number of aromatic nitrogens is 1. The minimum atomic E-state index is -0.743. The van der Waals surface area contributed by atoms with Crippen LogP contribution in [0.25, 0.3) is 0 Å². The lowest BCUT2D eigenvalue weighted by molar-refractivity contribution is -0.119. The lowest BCUT2D eigenvalue weighted by atomic mass is 10.2. The summed E-state index contributed by atoms with van der Waals surface area (Å²) in [5.74, 6) is -1.30. The molecule has 3 N–H and O–H groups in total. The predicted molar refractivity (Wildman–Crippen MR) is 84.0 cm³/mol. The van der Waals surface area contributed by atoms with Crippen LogP contribution in [0.5, 0.6) is 0 Å². The fourth-order valence-electron chi connectivity index (χ4n) is 1.58. The van der Waals surface area contributed by atoms with Gasteiger partial charge >= 0.3 is 5.97 Å². The third-order valence-corrected chi connectivity index (χ3v) is 3.14. The Bertz CT molecular complexity index is 722. The molecule has 0 aliphatic heterocycles. The Balaban J connectivity index is 1.95. The van der Waals surface area contributed by atoms with Crippen LogP contribution in [0.3, 0.4) is 0 Å². The molecule has 0 spiro atoms. The van der Waals surface area contributed by atoms with Crippen molar-refractivity contribution in [3.05, 3.63) is 52.3 Å². The Morgan fingerprint density at radius 1 is 1.27 bits per heavy atom. The lowest BCUT2D eigenvalue weighted by Crippen LogP contribution is -2.21. The minimum absolute atomic E-state index is 0.0970. The van der Waals surface area contributed by atoms with Crippen molar-refractivity contribution in [2.75, 3.05) is 17.7 Å². The van der Waals surface area contributed by atoms with Gasteiger partial charge in [0, 0.05) is 16.9 Å². The molecule has 2 rings (SSSR count). The number of carbonyl (C=O) groups excluding carboxylic acids is 2. The average Bonchev–Trinajstić information content (AvgIpc) is 2.49. The highest BCUT2D eigenvalue weighted by molar-refractivity contribution is 6.32. The highest BCUT2D eigenvalue weighted by Gasteiger charge is 2.14. The van der Waals surface area contributed by atoms with Crippen LogP contribution in [0, 0.1) is 0 Å². The summed E-state index contributed by atoms with van der Waals surface area (Å²) in [6, 6.07) is 7.58. The number of hydrogen-bond donors (Lipinski definition) is 2. The summed E-state index contributed by atoms with van der Waals surface area (Å²) in [5.41, 5.74) is 6.29. The van der Waals surface area contributed by atoms with Crippen LogP contribution in [0.4, 0.5) is 11.4 Å². The smallest absolute Gasteiger partial charge is 0.340 e. The second kappa shape index (κ2) is 7.11. The van der Waals surface area contributed by atoms with Gasteiger partial charge in [-0.3, -0.25) is 4.79 Å². The molecule has 0 fully saturated rings. The summed E-state index contributed by atoms with van der Waals surface area (Å²) in [6.07, 6.45) is 1.49. The molecule has 6 nitrogen and oxygen atoms in total. The Labute approximate surface area is 136 Å². The highest BCUT2D eigenvalue weighted by Crippen LogP contribution is 2.19. The molecule has 1 amide bonds. The third kappa shape index (κ3) is 4.09. The Kier molecular flexibility index (Phi) is 5.19. The quantitative estimate of drug-likeness (QED) is 0.507. The van der Waals surface area contributed by atoms with Crippen molar-refractivity contribution in [1.82, 2.24) is 4.98 Å². The molecule has 0 radical (unpaired) electrons. The maximum atomic E-state index is 11.9. The zero-order valence-electron chi connectivity index (χ0n) is 11.2. The van der Waals surface area contributed by atoms with Gasteiger partial charge in [-0.1, -0.05) is 23.2 Å². The molecule has 0 aliphatic carbocycles. The van der Waals surface area contributed by atoms with Gasteiger partial charge in [-0.25, -0.2) is 9.78 Å². The van der Waals surface area contributed by atoms with Gasteiger partial charge in [-0.05, 0) is 30.3 Å². The summed E-state index contributed by atoms with van der Waals surface area (Å²) >= 11 is 11.6. The first kappa shape index (κ1) is 16.1. The fraction of sp³-hybridized carbons (Fsp3) is 0.0714. The van der Waals surface area contributed by atoms with Gasteiger partial charge in [0.1, 0.15) is 0 Å². The summed E-state index contributed by atoms with van der Waals surface area (Å²) in [4.78, 5) is 27.4. The maximum absolute atomic E-state index is 11.9. The number of nitrogen functional groups attached to an aromatic ring is 1. The van der Waals surface area contributed by atoms with E-state index in [4.69, 9.17) is 33.7 Å². The van der Waals surface area contributed by atoms with Gasteiger partial charge in [0.25, 0.3) is 5.91 Å². The van der Waals surface area contributed by atoms with Gasteiger partial charge < -0.3 is 15.8 Å². The molecule has 8 heteroatoms. The molecule has 22 heavy (non-hydrogen) atoms. The second-order valence-electron chi connectivity index (χ2n) is 4.20. The number of anilines is 2. The van der Waals surface area contributed by atoms with Crippen LogP contribution in [-0.4, -0.2) is 23.5 Å². The zero-order chi connectivity index (χ0) is 16.1. The summed E-state index contributed by atoms with van der Waals surface area (Å²) in [6.45, 7) is -0.490. The van der Waals surface area contributed by atoms with Crippen molar-refractivity contribution < 1.29 is 14.3 Å². The molecule has 1 aromatic carbocycles. The van der Waals surface area contributed by atoms with E-state index >= 15 is 0 Å². The standard InChI is InChI=1S/C14H11Cl2N3O3/c15-8-3-4-10(17)9(6-8)14(21)22-7-12(20)19-11-2-1-5-18-13(11)16/h1-6H,7,17H2,(H,19,20). The molecule has 0 saturated carbocycles. The van der Waals surface area contributed by atoms with Crippen molar-refractivity contribution in [2.24, 2.45) is 0 Å². The molecule has 0 saturated heterocycles. The average molecular weight is 340 g/mol. The molecular formula is C14H11Cl2N3O3. The van der Waals surface area contributed by atoms with E-state index in [2.05, 4.69) is 10.3 Å². The predicted octanol–water partition coefficient (Wildman–Crippen LogP) is 2.77. The normalized spacial score (nSPS) is 10.1. The number of nitrogens with zero attached hydrogens (tertiary/aromatic N) is 1. The zero-order valence-corrected chi connectivity index (χ0v) is 12.7. The molecule has 0 atom stereocenters. The van der Waals surface area contributed by atoms with Crippen molar-refractivity contribution >= 4 is 46.5 Å². The Morgan fingerprint density at radius 3 is 2.77 bits per heavy atom. The van der Waals surface area contributed by atoms with Gasteiger partial charge in [0.05, 0.1) is 11.3 Å². The number of amides is 1. The van der Waals surface area contributed by atoms with Crippen molar-refractivity contribution in [1.29, 1.82) is 0 Å². The topological polar surface area (TPSA) is 94.3 Å². The van der Waals surface area contributed by atoms with E-state index in [1.165, 1.54) is 18.3 Å². The van der Waals surface area contributed by atoms with Crippen LogP contribution in [0.1, 0.15) is 10.4 Å². The lowest BCUT2D eigenvalue weighted by Gasteiger charge is -2.08. The fourth-order valence-corrected chi connectivity index (χ4v) is 1.92. The first-order valence-corrected chi connectivity index (χ1v) is 6.85. The maximum Gasteiger partial charge on any atom is 0.340 e. The van der Waals surface area contributed by atoms with Crippen LogP contribution < -0.4 is 11.1 Å². The van der Waals surface area contributed by atoms with E-state index in [1.54, 1.807) is 18.2 Å². The summed E-state index contributed by atoms with van der Waals surface area (Å²) in [5, 5.41) is 2.96. The van der Waals surface area contributed by atoms with Gasteiger partial charge in [0.2, 0.25) is 0 Å². The number of nitrogens with two attached hydrogens (primary N) is 1. The number of benzene rings is 1. The SMILES string of the molecule is Nc1ccc(Cl)cc1C(=O)OCC(=O)Nc1cccnc1Cl. The second-order valence-corrected chi connectivity index (χ2v) is 4.99. The van der Waals surface area contributed by atoms with E-state index in [0.29, 0.717) is 10.7 Å². The molecule has 0 aliphatic rings. The Morgan fingerprint density at radius 2 is 2.05 bits per heavy atom. The Hall–Kier alpha value is -2.31. The first-order valence-electron chi connectivity index (χ1n) is 6.10. The summed E-state index contributed by atoms with van der Waals surface area (Å²) < 4.78 is 4.88. The van der Waals surface area contributed by atoms with Gasteiger partial charge in [-0.2, -0.15) is 0 Å². The molecule has 114 valence electrons. The molecule has 1 aromatic heterocycles. The van der Waals surface area contributed by atoms with Crippen LogP contribution >= 0.6 is 23.2 Å². The number of pyridine rings is 1. The van der Waals surface area contributed by atoms with E-state index in [0.717, 1.165) is 0 Å². The number of halogens is 2. The van der Waals surface area contributed by atoms with E-state index in [-0.39, 0.29) is 16.4 Å². The molecule has 2 aromatic rings. The van der Waals surface area contributed by atoms with Crippen molar-refractivity contribution in [2.45, 2.75) is 0 Å².